The Bertz CT molecular complexity index is 270. The summed E-state index contributed by atoms with van der Waals surface area (Å²) in [5, 5.41) is 10.6. The molecule has 15 heavy (non-hydrogen) atoms. The molecule has 0 aliphatic carbocycles. The molecular weight excluding hydrogens is 233 g/mol. The molecule has 3 N–H and O–H groups in total. The molecule has 1 rings (SSSR count). The number of hydrogen-bond acceptors (Lipinski definition) is 5. The van der Waals surface area contributed by atoms with Crippen LogP contribution in [0.5, 0.6) is 0 Å². The van der Waals surface area contributed by atoms with Crippen molar-refractivity contribution in [2.75, 3.05) is 26.3 Å². The van der Waals surface area contributed by atoms with Gasteiger partial charge in [0, 0.05) is 19.7 Å². The largest absolute Gasteiger partial charge is 1.00 e. The first kappa shape index (κ1) is 15.8. The first-order chi connectivity index (χ1) is 6.55. The van der Waals surface area contributed by atoms with E-state index < -0.39 is 21.5 Å². The predicted molar refractivity (Wildman–Crippen MR) is 50.8 cm³/mol. The van der Waals surface area contributed by atoms with E-state index in [2.05, 4.69) is 5.32 Å². The SMILES string of the molecule is O=S(=O)(O)C(CCO)C1CNCCO1.[H-].[Na+]. The second-order valence-corrected chi connectivity index (χ2v) is 4.81. The van der Waals surface area contributed by atoms with Gasteiger partial charge in [0.1, 0.15) is 5.25 Å². The van der Waals surface area contributed by atoms with Gasteiger partial charge in [0.05, 0.1) is 12.7 Å². The Kier molecular flexibility index (Phi) is 7.56. The van der Waals surface area contributed by atoms with E-state index in [1.54, 1.807) is 0 Å². The molecule has 1 aliphatic rings. The minimum atomic E-state index is -4.15. The summed E-state index contributed by atoms with van der Waals surface area (Å²) < 4.78 is 36.0. The summed E-state index contributed by atoms with van der Waals surface area (Å²) >= 11 is 0. The minimum absolute atomic E-state index is 0. The summed E-state index contributed by atoms with van der Waals surface area (Å²) in [7, 11) is -4.15. The van der Waals surface area contributed by atoms with Crippen molar-refractivity contribution in [2.24, 2.45) is 0 Å². The fraction of sp³-hybridized carbons (Fsp3) is 1.00. The standard InChI is InChI=1S/C7H15NO5S.Na.H/c9-3-1-7(14(10,11)12)6-5-8-2-4-13-6;;/h6-9H,1-5H2,(H,10,11,12);;/q;+1;-1. The van der Waals surface area contributed by atoms with Crippen molar-refractivity contribution in [1.82, 2.24) is 5.32 Å². The number of aliphatic hydroxyl groups excluding tert-OH is 1. The van der Waals surface area contributed by atoms with Gasteiger partial charge in [-0.25, -0.2) is 0 Å². The summed E-state index contributed by atoms with van der Waals surface area (Å²) in [6.07, 6.45) is -0.587. The maximum Gasteiger partial charge on any atom is 1.00 e. The van der Waals surface area contributed by atoms with Crippen molar-refractivity contribution in [2.45, 2.75) is 17.8 Å². The Morgan fingerprint density at radius 3 is 2.67 bits per heavy atom. The Morgan fingerprint density at radius 2 is 2.27 bits per heavy atom. The van der Waals surface area contributed by atoms with Gasteiger partial charge in [0.2, 0.25) is 0 Å². The molecule has 0 spiro atoms. The van der Waals surface area contributed by atoms with Crippen LogP contribution in [0.4, 0.5) is 0 Å². The van der Waals surface area contributed by atoms with Gasteiger partial charge in [-0.15, -0.1) is 0 Å². The van der Waals surface area contributed by atoms with Crippen molar-refractivity contribution < 1.29 is 53.8 Å². The Labute approximate surface area is 113 Å². The molecule has 86 valence electrons. The van der Waals surface area contributed by atoms with Gasteiger partial charge in [0.25, 0.3) is 10.1 Å². The summed E-state index contributed by atoms with van der Waals surface area (Å²) in [6, 6.07) is 0. The Hall–Kier alpha value is 0.790. The topological polar surface area (TPSA) is 95.9 Å². The predicted octanol–water partition coefficient (Wildman–Crippen LogP) is -4.27. The summed E-state index contributed by atoms with van der Waals surface area (Å²) in [5.41, 5.74) is 0. The molecule has 2 unspecified atom stereocenters. The van der Waals surface area contributed by atoms with E-state index in [9.17, 15) is 8.42 Å². The molecule has 0 bridgehead atoms. The van der Waals surface area contributed by atoms with Crippen LogP contribution in [0.2, 0.25) is 0 Å². The molecule has 1 heterocycles. The zero-order valence-corrected chi connectivity index (χ0v) is 11.5. The van der Waals surface area contributed by atoms with Crippen LogP contribution in [-0.2, 0) is 14.9 Å². The van der Waals surface area contributed by atoms with Crippen LogP contribution in [0.25, 0.3) is 0 Å². The van der Waals surface area contributed by atoms with Crippen LogP contribution < -0.4 is 34.9 Å². The molecule has 6 nitrogen and oxygen atoms in total. The average molecular weight is 249 g/mol. The third-order valence-electron chi connectivity index (χ3n) is 2.17. The normalized spacial score (nSPS) is 24.3. The first-order valence-electron chi connectivity index (χ1n) is 4.45. The molecule has 0 radical (unpaired) electrons. The molecular formula is C7H16NNaO5S. The van der Waals surface area contributed by atoms with Crippen LogP contribution >= 0.6 is 0 Å². The van der Waals surface area contributed by atoms with Gasteiger partial charge in [-0.05, 0) is 6.42 Å². The second-order valence-electron chi connectivity index (χ2n) is 3.18. The molecule has 1 aliphatic heterocycles. The van der Waals surface area contributed by atoms with Crippen LogP contribution in [0.1, 0.15) is 7.85 Å². The number of morpholine rings is 1. The Balaban J connectivity index is 0. The van der Waals surface area contributed by atoms with Crippen LogP contribution in [0, 0.1) is 0 Å². The molecule has 8 heteroatoms. The van der Waals surface area contributed by atoms with Crippen molar-refractivity contribution in [1.29, 1.82) is 0 Å². The summed E-state index contributed by atoms with van der Waals surface area (Å²) in [5.74, 6) is 0. The molecule has 1 fully saturated rings. The van der Waals surface area contributed by atoms with Crippen molar-refractivity contribution >= 4 is 10.1 Å². The van der Waals surface area contributed by atoms with E-state index in [0.29, 0.717) is 19.7 Å². The van der Waals surface area contributed by atoms with Gasteiger partial charge in [-0.3, -0.25) is 4.55 Å². The molecule has 2 atom stereocenters. The van der Waals surface area contributed by atoms with Gasteiger partial charge in [-0.2, -0.15) is 8.42 Å². The third-order valence-corrected chi connectivity index (χ3v) is 3.47. The summed E-state index contributed by atoms with van der Waals surface area (Å²) in [4.78, 5) is 0. The number of rotatable bonds is 4. The van der Waals surface area contributed by atoms with Crippen LogP contribution in [0.15, 0.2) is 0 Å². The molecule has 0 amide bonds. The number of aliphatic hydroxyl groups is 1. The van der Waals surface area contributed by atoms with Gasteiger partial charge in [0.15, 0.2) is 0 Å². The van der Waals surface area contributed by atoms with Crippen molar-refractivity contribution in [3.8, 4) is 0 Å². The molecule has 0 aromatic heterocycles. The van der Waals surface area contributed by atoms with Gasteiger partial charge >= 0.3 is 29.6 Å². The van der Waals surface area contributed by atoms with Crippen molar-refractivity contribution in [3.05, 3.63) is 0 Å². The summed E-state index contributed by atoms with van der Waals surface area (Å²) in [6.45, 7) is 1.19. The van der Waals surface area contributed by atoms with E-state index in [1.807, 2.05) is 0 Å². The number of ether oxygens (including phenoxy) is 1. The zero-order chi connectivity index (χ0) is 10.6. The third kappa shape index (κ3) is 5.10. The van der Waals surface area contributed by atoms with Crippen molar-refractivity contribution in [3.63, 3.8) is 0 Å². The number of nitrogens with one attached hydrogen (secondary N) is 1. The maximum atomic E-state index is 11.0. The number of hydrogen-bond donors (Lipinski definition) is 3. The van der Waals surface area contributed by atoms with Crippen LogP contribution in [0.3, 0.4) is 0 Å². The van der Waals surface area contributed by atoms with E-state index in [0.717, 1.165) is 0 Å². The van der Waals surface area contributed by atoms with E-state index in [4.69, 9.17) is 14.4 Å². The average Bonchev–Trinajstić information content (AvgIpc) is 2.14. The minimum Gasteiger partial charge on any atom is -1.00 e. The Morgan fingerprint density at radius 1 is 1.60 bits per heavy atom. The monoisotopic (exact) mass is 249 g/mol. The first-order valence-corrected chi connectivity index (χ1v) is 5.95. The van der Waals surface area contributed by atoms with Gasteiger partial charge in [-0.1, -0.05) is 0 Å². The molecule has 0 aromatic carbocycles. The second kappa shape index (κ2) is 7.18. The quantitative estimate of drug-likeness (QED) is 0.345. The molecule has 1 saturated heterocycles. The van der Waals surface area contributed by atoms with E-state index >= 15 is 0 Å². The fourth-order valence-corrected chi connectivity index (χ4v) is 2.44. The van der Waals surface area contributed by atoms with Crippen LogP contribution in [-0.4, -0.2) is 55.7 Å². The van der Waals surface area contributed by atoms with Gasteiger partial charge < -0.3 is 16.6 Å². The molecule has 0 aromatic rings. The maximum absolute atomic E-state index is 11.0. The molecule has 0 saturated carbocycles. The smallest absolute Gasteiger partial charge is 1.00 e. The fourth-order valence-electron chi connectivity index (χ4n) is 1.48. The van der Waals surface area contributed by atoms with E-state index in [1.165, 1.54) is 0 Å². The van der Waals surface area contributed by atoms with E-state index in [-0.39, 0.29) is 44.0 Å². The zero-order valence-electron chi connectivity index (χ0n) is 9.72.